The Balaban J connectivity index is 2.01. The Morgan fingerprint density at radius 2 is 2.12 bits per heavy atom. The van der Waals surface area contributed by atoms with Crippen molar-refractivity contribution >= 4 is 27.3 Å². The van der Waals surface area contributed by atoms with Gasteiger partial charge in [0, 0.05) is 11.4 Å². The third-order valence-electron chi connectivity index (χ3n) is 4.62. The van der Waals surface area contributed by atoms with Crippen LogP contribution in [0.3, 0.4) is 0 Å². The van der Waals surface area contributed by atoms with Gasteiger partial charge >= 0.3 is 5.97 Å². The van der Waals surface area contributed by atoms with Crippen molar-refractivity contribution in [2.75, 3.05) is 13.7 Å². The van der Waals surface area contributed by atoms with Gasteiger partial charge in [-0.1, -0.05) is 6.92 Å². The Morgan fingerprint density at radius 3 is 2.76 bits per heavy atom. The first kappa shape index (κ1) is 18.1. The van der Waals surface area contributed by atoms with Crippen LogP contribution in [0.1, 0.15) is 45.7 Å². The van der Waals surface area contributed by atoms with Crippen LogP contribution in [0.15, 0.2) is 34.5 Å². The number of benzene rings is 1. The number of hydrogen-bond donors (Lipinski definition) is 0. The van der Waals surface area contributed by atoms with Gasteiger partial charge in [-0.05, 0) is 60.5 Å². The molecule has 7 heteroatoms. The minimum absolute atomic E-state index is 0.139. The molecule has 0 spiro atoms. The Morgan fingerprint density at radius 1 is 1.36 bits per heavy atom. The molecule has 0 radical (unpaired) electrons. The number of aryl methyl sites for hydroxylation is 1. The average Bonchev–Trinajstić information content (AvgIpc) is 3.08. The number of carbonyl (C=O) groups is 1. The SMILES string of the molecule is CCC1c2ccsc2CCN1S(=O)(=O)c1ccc(C(=O)OC)cc1C. The van der Waals surface area contributed by atoms with E-state index in [1.165, 1.54) is 24.1 Å². The summed E-state index contributed by atoms with van der Waals surface area (Å²) < 4.78 is 32.8. The minimum atomic E-state index is -3.64. The van der Waals surface area contributed by atoms with Crippen LogP contribution < -0.4 is 0 Å². The molecule has 0 aliphatic carbocycles. The largest absolute Gasteiger partial charge is 0.465 e. The minimum Gasteiger partial charge on any atom is -0.465 e. The molecule has 1 atom stereocenters. The molecule has 1 aromatic carbocycles. The van der Waals surface area contributed by atoms with Crippen LogP contribution in [-0.2, 0) is 21.2 Å². The quantitative estimate of drug-likeness (QED) is 0.762. The summed E-state index contributed by atoms with van der Waals surface area (Å²) >= 11 is 1.69. The van der Waals surface area contributed by atoms with Crippen LogP contribution >= 0.6 is 11.3 Å². The van der Waals surface area contributed by atoms with E-state index in [0.29, 0.717) is 17.7 Å². The monoisotopic (exact) mass is 379 g/mol. The van der Waals surface area contributed by atoms with Crippen molar-refractivity contribution in [3.63, 3.8) is 0 Å². The van der Waals surface area contributed by atoms with Crippen LogP contribution in [0.5, 0.6) is 0 Å². The first-order valence-corrected chi connectivity index (χ1v) is 10.5. The number of hydrogen-bond acceptors (Lipinski definition) is 5. The van der Waals surface area contributed by atoms with Crippen LogP contribution in [0, 0.1) is 6.92 Å². The summed E-state index contributed by atoms with van der Waals surface area (Å²) in [5.41, 5.74) is 2.02. The summed E-state index contributed by atoms with van der Waals surface area (Å²) in [7, 11) is -2.33. The van der Waals surface area contributed by atoms with E-state index in [-0.39, 0.29) is 10.9 Å². The highest BCUT2D eigenvalue weighted by Crippen LogP contribution is 2.38. The summed E-state index contributed by atoms with van der Waals surface area (Å²) in [6.07, 6.45) is 1.46. The molecule has 1 aromatic heterocycles. The smallest absolute Gasteiger partial charge is 0.337 e. The summed E-state index contributed by atoms with van der Waals surface area (Å²) in [5, 5.41) is 2.03. The van der Waals surface area contributed by atoms with Gasteiger partial charge in [-0.15, -0.1) is 11.3 Å². The van der Waals surface area contributed by atoms with Crippen molar-refractivity contribution in [1.29, 1.82) is 0 Å². The number of methoxy groups -OCH3 is 1. The van der Waals surface area contributed by atoms with E-state index in [4.69, 9.17) is 4.74 Å². The fourth-order valence-corrected chi connectivity index (χ4v) is 6.21. The van der Waals surface area contributed by atoms with Crippen molar-refractivity contribution in [3.05, 3.63) is 51.2 Å². The van der Waals surface area contributed by atoms with E-state index in [1.54, 1.807) is 28.6 Å². The van der Waals surface area contributed by atoms with Gasteiger partial charge in [0.1, 0.15) is 0 Å². The summed E-state index contributed by atoms with van der Waals surface area (Å²) in [6, 6.07) is 6.47. The molecular formula is C18H21NO4S2. The second-order valence-corrected chi connectivity index (χ2v) is 8.92. The maximum Gasteiger partial charge on any atom is 0.337 e. The van der Waals surface area contributed by atoms with Gasteiger partial charge in [0.05, 0.1) is 23.6 Å². The first-order valence-electron chi connectivity index (χ1n) is 8.17. The highest BCUT2D eigenvalue weighted by molar-refractivity contribution is 7.89. The molecule has 0 bridgehead atoms. The lowest BCUT2D eigenvalue weighted by atomic mass is 10.0. The van der Waals surface area contributed by atoms with Crippen LogP contribution in [-0.4, -0.2) is 32.3 Å². The van der Waals surface area contributed by atoms with Gasteiger partial charge in [-0.25, -0.2) is 13.2 Å². The third-order valence-corrected chi connectivity index (χ3v) is 7.68. The predicted octanol–water partition coefficient (Wildman–Crippen LogP) is 3.54. The summed E-state index contributed by atoms with van der Waals surface area (Å²) in [6.45, 7) is 4.19. The molecule has 2 aromatic rings. The molecule has 3 rings (SSSR count). The number of carbonyl (C=O) groups excluding carboxylic acids is 1. The zero-order valence-corrected chi connectivity index (χ0v) is 16.1. The van der Waals surface area contributed by atoms with E-state index in [1.807, 2.05) is 18.4 Å². The average molecular weight is 380 g/mol. The number of nitrogens with zero attached hydrogens (tertiary/aromatic N) is 1. The standard InChI is InChI=1S/C18H21NO4S2/c1-4-15-14-8-10-24-16(14)7-9-19(15)25(21,22)17-6-5-13(11-12(17)2)18(20)23-3/h5-6,8,10-11,15H,4,7,9H2,1-3H3. The Hall–Kier alpha value is -1.70. The van der Waals surface area contributed by atoms with E-state index in [9.17, 15) is 13.2 Å². The second-order valence-electron chi connectivity index (χ2n) is 6.06. The second kappa shape index (κ2) is 6.90. The Kier molecular flexibility index (Phi) is 4.99. The van der Waals surface area contributed by atoms with E-state index in [0.717, 1.165) is 18.4 Å². The van der Waals surface area contributed by atoms with Crippen LogP contribution in [0.2, 0.25) is 0 Å². The molecule has 5 nitrogen and oxygen atoms in total. The van der Waals surface area contributed by atoms with Crippen molar-refractivity contribution < 1.29 is 17.9 Å². The molecule has 0 saturated carbocycles. The maximum absolute atomic E-state index is 13.3. The topological polar surface area (TPSA) is 63.7 Å². The summed E-state index contributed by atoms with van der Waals surface area (Å²) in [5.74, 6) is -0.473. The number of fused-ring (bicyclic) bond motifs is 1. The van der Waals surface area contributed by atoms with E-state index in [2.05, 4.69) is 0 Å². The maximum atomic E-state index is 13.3. The van der Waals surface area contributed by atoms with Crippen molar-refractivity contribution in [1.82, 2.24) is 4.31 Å². The molecular weight excluding hydrogens is 358 g/mol. The Labute approximate surface area is 152 Å². The lowest BCUT2D eigenvalue weighted by Crippen LogP contribution is -2.39. The molecule has 25 heavy (non-hydrogen) atoms. The first-order chi connectivity index (χ1) is 11.9. The van der Waals surface area contributed by atoms with Gasteiger partial charge in [0.2, 0.25) is 10.0 Å². The number of ether oxygens (including phenoxy) is 1. The molecule has 134 valence electrons. The molecule has 1 aliphatic rings. The molecule has 0 amide bonds. The highest BCUT2D eigenvalue weighted by atomic mass is 32.2. The summed E-state index contributed by atoms with van der Waals surface area (Å²) in [4.78, 5) is 13.2. The lowest BCUT2D eigenvalue weighted by molar-refractivity contribution is 0.0600. The van der Waals surface area contributed by atoms with Gasteiger partial charge in [-0.2, -0.15) is 4.31 Å². The van der Waals surface area contributed by atoms with E-state index < -0.39 is 16.0 Å². The fourth-order valence-electron chi connectivity index (χ4n) is 3.39. The van der Waals surface area contributed by atoms with Crippen LogP contribution in [0.4, 0.5) is 0 Å². The number of thiophene rings is 1. The highest BCUT2D eigenvalue weighted by Gasteiger charge is 2.36. The van der Waals surface area contributed by atoms with Crippen molar-refractivity contribution in [2.24, 2.45) is 0 Å². The van der Waals surface area contributed by atoms with Gasteiger partial charge < -0.3 is 4.74 Å². The lowest BCUT2D eigenvalue weighted by Gasteiger charge is -2.34. The zero-order chi connectivity index (χ0) is 18.2. The molecule has 1 aliphatic heterocycles. The number of esters is 1. The molecule has 0 N–H and O–H groups in total. The van der Waals surface area contributed by atoms with E-state index >= 15 is 0 Å². The number of rotatable bonds is 4. The normalized spacial score (nSPS) is 18.0. The van der Waals surface area contributed by atoms with Gasteiger partial charge in [0.25, 0.3) is 0 Å². The molecule has 0 saturated heterocycles. The molecule has 1 unspecified atom stereocenters. The zero-order valence-electron chi connectivity index (χ0n) is 14.5. The fraction of sp³-hybridized carbons (Fsp3) is 0.389. The van der Waals surface area contributed by atoms with Crippen molar-refractivity contribution in [3.8, 4) is 0 Å². The van der Waals surface area contributed by atoms with Crippen LogP contribution in [0.25, 0.3) is 0 Å². The predicted molar refractivity (Wildman–Crippen MR) is 97.5 cm³/mol. The third kappa shape index (κ3) is 3.12. The Bertz CT molecular complexity index is 902. The van der Waals surface area contributed by atoms with Crippen molar-refractivity contribution in [2.45, 2.75) is 37.6 Å². The number of sulfonamides is 1. The van der Waals surface area contributed by atoms with Gasteiger partial charge in [0.15, 0.2) is 0 Å². The van der Waals surface area contributed by atoms with Gasteiger partial charge in [-0.3, -0.25) is 0 Å². The molecule has 0 fully saturated rings. The molecule has 2 heterocycles.